The summed E-state index contributed by atoms with van der Waals surface area (Å²) in [7, 11) is 0. The third kappa shape index (κ3) is 3.33. The van der Waals surface area contributed by atoms with Crippen molar-refractivity contribution in [1.29, 1.82) is 0 Å². The molecule has 0 bridgehead atoms. The first kappa shape index (κ1) is 12.2. The Morgan fingerprint density at radius 2 is 2.07 bits per heavy atom. The number of rotatable bonds is 6. The van der Waals surface area contributed by atoms with Crippen molar-refractivity contribution < 1.29 is 10.0 Å². The first-order valence-electron chi connectivity index (χ1n) is 5.68. The van der Waals surface area contributed by atoms with E-state index >= 15 is 0 Å². The average Bonchev–Trinajstić information content (AvgIpc) is 2.23. The van der Waals surface area contributed by atoms with Crippen LogP contribution in [0.25, 0.3) is 0 Å². The molecular formula is C13H22NO+. The summed E-state index contributed by atoms with van der Waals surface area (Å²) in [4.78, 5) is 1.47. The molecule has 2 heteroatoms. The molecule has 2 nitrogen and oxygen atoms in total. The Labute approximate surface area is 92.6 Å². The molecule has 0 fully saturated rings. The predicted octanol–water partition coefficient (Wildman–Crippen LogP) is 0.713. The van der Waals surface area contributed by atoms with Gasteiger partial charge in [0.1, 0.15) is 12.6 Å². The minimum absolute atomic E-state index is 0.254. The van der Waals surface area contributed by atoms with Crippen molar-refractivity contribution in [1.82, 2.24) is 0 Å². The minimum atomic E-state index is 0.254. The van der Waals surface area contributed by atoms with E-state index < -0.39 is 0 Å². The van der Waals surface area contributed by atoms with Gasteiger partial charge < -0.3 is 10.0 Å². The smallest absolute Gasteiger partial charge is 0.110 e. The van der Waals surface area contributed by atoms with Gasteiger partial charge in [-0.25, -0.2) is 0 Å². The fourth-order valence-electron chi connectivity index (χ4n) is 2.36. The maximum absolute atomic E-state index is 9.09. The summed E-state index contributed by atoms with van der Waals surface area (Å²) in [6.45, 7) is 8.67. The maximum atomic E-state index is 9.09. The Morgan fingerprint density at radius 1 is 1.33 bits per heavy atom. The van der Waals surface area contributed by atoms with Crippen LogP contribution in [-0.4, -0.2) is 30.3 Å². The lowest BCUT2D eigenvalue weighted by Crippen LogP contribution is -3.19. The molecular weight excluding hydrogens is 186 g/mol. The summed E-state index contributed by atoms with van der Waals surface area (Å²) in [5.41, 5.74) is 0. The zero-order chi connectivity index (χ0) is 11.1. The largest absolute Gasteiger partial charge is 0.391 e. The van der Waals surface area contributed by atoms with Gasteiger partial charge in [0.15, 0.2) is 0 Å². The number of hydrogen-bond donors (Lipinski definition) is 2. The summed E-state index contributed by atoms with van der Waals surface area (Å²) >= 11 is 0. The van der Waals surface area contributed by atoms with Gasteiger partial charge in [-0.15, -0.1) is 13.2 Å². The van der Waals surface area contributed by atoms with Crippen molar-refractivity contribution in [2.45, 2.75) is 31.3 Å². The van der Waals surface area contributed by atoms with E-state index in [0.29, 0.717) is 12.1 Å². The van der Waals surface area contributed by atoms with Crippen molar-refractivity contribution >= 4 is 0 Å². The second-order valence-corrected chi connectivity index (χ2v) is 4.06. The van der Waals surface area contributed by atoms with Crippen LogP contribution in [0, 0.1) is 0 Å². The molecule has 0 radical (unpaired) electrons. The lowest BCUT2D eigenvalue weighted by molar-refractivity contribution is -0.944. The zero-order valence-corrected chi connectivity index (χ0v) is 9.36. The van der Waals surface area contributed by atoms with E-state index in [4.69, 9.17) is 5.11 Å². The molecule has 0 aliphatic carbocycles. The molecule has 0 spiro atoms. The first-order valence-corrected chi connectivity index (χ1v) is 5.68. The van der Waals surface area contributed by atoms with E-state index in [1.807, 2.05) is 12.2 Å². The number of quaternary nitrogens is 1. The summed E-state index contributed by atoms with van der Waals surface area (Å²) in [5, 5.41) is 9.09. The fourth-order valence-corrected chi connectivity index (χ4v) is 2.36. The van der Waals surface area contributed by atoms with Crippen LogP contribution in [-0.2, 0) is 0 Å². The van der Waals surface area contributed by atoms with Crippen molar-refractivity contribution in [3.05, 3.63) is 37.5 Å². The molecule has 2 N–H and O–H groups in total. The van der Waals surface area contributed by atoms with Crippen LogP contribution in [0.2, 0.25) is 0 Å². The van der Waals surface area contributed by atoms with Gasteiger partial charge in [-0.05, 0) is 6.08 Å². The molecule has 1 aliphatic heterocycles. The standard InChI is InChI=1S/C13H21NO/c1-3-6-12-8-5-9-13(7-4-2)14(12)10-11-15/h3-5,8,12-13,15H,1-2,6-7,9-11H2/p+1/t12-,13+/m1/s1. The molecule has 0 aromatic rings. The van der Waals surface area contributed by atoms with E-state index in [1.54, 1.807) is 0 Å². The number of hydrogen-bond acceptors (Lipinski definition) is 1. The normalized spacial score (nSPS) is 30.1. The van der Waals surface area contributed by atoms with Gasteiger partial charge in [-0.1, -0.05) is 18.2 Å². The molecule has 0 saturated heterocycles. The van der Waals surface area contributed by atoms with Gasteiger partial charge in [-0.2, -0.15) is 0 Å². The third-order valence-electron chi connectivity index (χ3n) is 3.06. The highest BCUT2D eigenvalue weighted by Crippen LogP contribution is 2.06. The molecule has 1 rings (SSSR count). The summed E-state index contributed by atoms with van der Waals surface area (Å²) in [6, 6.07) is 1.05. The average molecular weight is 208 g/mol. The lowest BCUT2D eigenvalue weighted by atomic mass is 9.98. The number of aliphatic hydroxyl groups excluding tert-OH is 1. The first-order chi connectivity index (χ1) is 7.33. The van der Waals surface area contributed by atoms with Gasteiger partial charge in [0.2, 0.25) is 0 Å². The predicted molar refractivity (Wildman–Crippen MR) is 63.9 cm³/mol. The van der Waals surface area contributed by atoms with Gasteiger partial charge >= 0.3 is 0 Å². The van der Waals surface area contributed by atoms with E-state index in [2.05, 4.69) is 25.3 Å². The monoisotopic (exact) mass is 208 g/mol. The van der Waals surface area contributed by atoms with Crippen molar-refractivity contribution in [3.63, 3.8) is 0 Å². The van der Waals surface area contributed by atoms with Crippen LogP contribution in [0.4, 0.5) is 0 Å². The van der Waals surface area contributed by atoms with E-state index in [-0.39, 0.29) is 6.61 Å². The molecule has 15 heavy (non-hydrogen) atoms. The molecule has 0 aromatic carbocycles. The van der Waals surface area contributed by atoms with Crippen molar-refractivity contribution in [3.8, 4) is 0 Å². The number of nitrogens with one attached hydrogen (secondary N) is 1. The van der Waals surface area contributed by atoms with Crippen LogP contribution in [0.1, 0.15) is 19.3 Å². The molecule has 0 saturated carbocycles. The second kappa shape index (κ2) is 6.59. The van der Waals surface area contributed by atoms with Crippen LogP contribution >= 0.6 is 0 Å². The van der Waals surface area contributed by atoms with Crippen molar-refractivity contribution in [2.75, 3.05) is 13.2 Å². The van der Waals surface area contributed by atoms with E-state index in [1.165, 1.54) is 4.90 Å². The van der Waals surface area contributed by atoms with E-state index in [9.17, 15) is 0 Å². The Balaban J connectivity index is 2.68. The Hall–Kier alpha value is -0.860. The summed E-state index contributed by atoms with van der Waals surface area (Å²) in [5.74, 6) is 0. The fraction of sp³-hybridized carbons (Fsp3) is 0.538. The Bertz CT molecular complexity index is 235. The van der Waals surface area contributed by atoms with Crippen LogP contribution in [0.3, 0.4) is 0 Å². The number of aliphatic hydroxyl groups is 1. The summed E-state index contributed by atoms with van der Waals surface area (Å²) in [6.07, 6.45) is 11.5. The zero-order valence-electron chi connectivity index (χ0n) is 9.36. The molecule has 84 valence electrons. The molecule has 3 atom stereocenters. The molecule has 0 amide bonds. The third-order valence-corrected chi connectivity index (χ3v) is 3.06. The summed E-state index contributed by atoms with van der Waals surface area (Å²) < 4.78 is 0. The quantitative estimate of drug-likeness (QED) is 0.618. The highest BCUT2D eigenvalue weighted by Gasteiger charge is 2.28. The second-order valence-electron chi connectivity index (χ2n) is 4.06. The Morgan fingerprint density at radius 3 is 2.67 bits per heavy atom. The molecule has 1 aliphatic rings. The van der Waals surface area contributed by atoms with Gasteiger partial charge in [-0.3, -0.25) is 0 Å². The maximum Gasteiger partial charge on any atom is 0.110 e. The highest BCUT2D eigenvalue weighted by atomic mass is 16.3. The van der Waals surface area contributed by atoms with Gasteiger partial charge in [0, 0.05) is 19.3 Å². The minimum Gasteiger partial charge on any atom is -0.391 e. The molecule has 1 heterocycles. The van der Waals surface area contributed by atoms with E-state index in [0.717, 1.165) is 25.8 Å². The van der Waals surface area contributed by atoms with Gasteiger partial charge in [0.05, 0.1) is 12.6 Å². The van der Waals surface area contributed by atoms with Crippen LogP contribution in [0.5, 0.6) is 0 Å². The van der Waals surface area contributed by atoms with Crippen LogP contribution < -0.4 is 4.90 Å². The van der Waals surface area contributed by atoms with Crippen LogP contribution in [0.15, 0.2) is 37.5 Å². The topological polar surface area (TPSA) is 24.7 Å². The highest BCUT2D eigenvalue weighted by molar-refractivity contribution is 4.98. The molecule has 1 unspecified atom stereocenters. The Kier molecular flexibility index (Phi) is 5.37. The van der Waals surface area contributed by atoms with Crippen molar-refractivity contribution in [2.24, 2.45) is 0 Å². The molecule has 0 aromatic heterocycles. The SMILES string of the molecule is C=CC[C@H]1CC=C[C@@H](CC=C)[NH+]1CCO. The lowest BCUT2D eigenvalue weighted by Gasteiger charge is -2.35. The van der Waals surface area contributed by atoms with Gasteiger partial charge in [0.25, 0.3) is 0 Å².